The highest BCUT2D eigenvalue weighted by molar-refractivity contribution is 6.09. The van der Waals surface area contributed by atoms with E-state index in [1.165, 1.54) is 55.6 Å². The molecule has 11 aromatic rings. The van der Waals surface area contributed by atoms with Crippen LogP contribution in [-0.4, -0.2) is 0 Å². The lowest BCUT2D eigenvalue weighted by atomic mass is 9.67. The fraction of sp³-hybridized carbons (Fsp3) is 0.0164. The summed E-state index contributed by atoms with van der Waals surface area (Å²) in [6.45, 7) is 0. The molecule has 0 amide bonds. The zero-order chi connectivity index (χ0) is 41.7. The molecule has 0 radical (unpaired) electrons. The average molecular weight is 804 g/mol. The van der Waals surface area contributed by atoms with Gasteiger partial charge in [0.1, 0.15) is 11.2 Å². The number of anilines is 3. The van der Waals surface area contributed by atoms with Gasteiger partial charge in [-0.25, -0.2) is 0 Å². The second-order valence-corrected chi connectivity index (χ2v) is 16.4. The van der Waals surface area contributed by atoms with Gasteiger partial charge in [-0.05, 0) is 104 Å². The second-order valence-electron chi connectivity index (χ2n) is 16.4. The van der Waals surface area contributed by atoms with Crippen molar-refractivity contribution >= 4 is 39.0 Å². The molecule has 1 aliphatic rings. The van der Waals surface area contributed by atoms with Crippen molar-refractivity contribution in [1.82, 2.24) is 0 Å². The van der Waals surface area contributed by atoms with Crippen molar-refractivity contribution in [2.45, 2.75) is 5.41 Å². The number of nitrogens with zero attached hydrogens (tertiary/aromatic N) is 1. The molecule has 10 aromatic carbocycles. The Bertz CT molecular complexity index is 3370. The summed E-state index contributed by atoms with van der Waals surface area (Å²) in [5.74, 6) is 0. The maximum Gasteiger partial charge on any atom is 0.143 e. The van der Waals surface area contributed by atoms with Gasteiger partial charge in [0.2, 0.25) is 0 Å². The van der Waals surface area contributed by atoms with E-state index < -0.39 is 5.41 Å². The zero-order valence-corrected chi connectivity index (χ0v) is 34.5. The quantitative estimate of drug-likeness (QED) is 0.152. The molecule has 2 nitrogen and oxygen atoms in total. The van der Waals surface area contributed by atoms with Crippen molar-refractivity contribution in [2.24, 2.45) is 0 Å². The molecule has 0 fully saturated rings. The zero-order valence-electron chi connectivity index (χ0n) is 34.5. The van der Waals surface area contributed by atoms with Crippen LogP contribution in [0.2, 0.25) is 0 Å². The predicted octanol–water partition coefficient (Wildman–Crippen LogP) is 16.4. The molecule has 0 saturated carbocycles. The fourth-order valence-electron chi connectivity index (χ4n) is 10.1. The first-order valence-corrected chi connectivity index (χ1v) is 21.7. The Kier molecular flexibility index (Phi) is 8.76. The average Bonchev–Trinajstić information content (AvgIpc) is 3.90. The number of rotatable bonds is 8. The summed E-state index contributed by atoms with van der Waals surface area (Å²) < 4.78 is 6.46. The Morgan fingerprint density at radius 3 is 1.43 bits per heavy atom. The van der Waals surface area contributed by atoms with Gasteiger partial charge in [0.15, 0.2) is 0 Å². The Hall–Kier alpha value is -8.20. The summed E-state index contributed by atoms with van der Waals surface area (Å²) in [6, 6.07) is 90.2. The summed E-state index contributed by atoms with van der Waals surface area (Å²) in [6.07, 6.45) is 0. The molecule has 0 aliphatic heterocycles. The number of hydrogen-bond donors (Lipinski definition) is 0. The van der Waals surface area contributed by atoms with Crippen LogP contribution in [0.5, 0.6) is 0 Å². The number of benzene rings is 10. The minimum Gasteiger partial charge on any atom is -0.455 e. The van der Waals surface area contributed by atoms with Gasteiger partial charge in [-0.1, -0.05) is 206 Å². The summed E-state index contributed by atoms with van der Waals surface area (Å²) in [5, 5.41) is 2.26. The number of hydrogen-bond acceptors (Lipinski definition) is 2. The first kappa shape index (κ1) is 36.6. The summed E-state index contributed by atoms with van der Waals surface area (Å²) in [4.78, 5) is 2.37. The highest BCUT2D eigenvalue weighted by Crippen LogP contribution is 2.56. The van der Waals surface area contributed by atoms with Crippen molar-refractivity contribution < 1.29 is 4.42 Å². The Labute approximate surface area is 367 Å². The van der Waals surface area contributed by atoms with Crippen LogP contribution in [0.3, 0.4) is 0 Å². The second kappa shape index (κ2) is 15.1. The molecule has 0 N–H and O–H groups in total. The molecule has 63 heavy (non-hydrogen) atoms. The van der Waals surface area contributed by atoms with E-state index in [-0.39, 0.29) is 0 Å². The van der Waals surface area contributed by atoms with Crippen LogP contribution >= 0.6 is 0 Å². The molecule has 1 aromatic heterocycles. The smallest absolute Gasteiger partial charge is 0.143 e. The number of para-hydroxylation sites is 2. The largest absolute Gasteiger partial charge is 0.455 e. The standard InChI is InChI=1S/C61H41NO/c1-3-15-42(16-4-1)44-29-33-47(34-30-44)61(57-26-10-7-21-53(57)54-22-8-11-27-58(54)61)48-35-39-50(40-36-48)62(51-20-13-19-46(41-51)43-17-5-2-6-18-43)49-37-31-45(32-38-49)52-24-14-25-56-55-23-9-12-28-59(55)63-60(52)56/h1-41H. The lowest BCUT2D eigenvalue weighted by Gasteiger charge is -2.34. The third-order valence-corrected chi connectivity index (χ3v) is 13.0. The van der Waals surface area contributed by atoms with E-state index >= 15 is 0 Å². The SMILES string of the molecule is c1ccc(-c2ccc(C3(c4ccc(N(c5ccc(-c6cccc7c6oc6ccccc67)cc5)c5cccc(-c6ccccc6)c5)cc4)c4ccccc4-c4ccccc43)cc2)cc1. The van der Waals surface area contributed by atoms with Gasteiger partial charge in [-0.15, -0.1) is 0 Å². The maximum atomic E-state index is 6.46. The molecule has 12 rings (SSSR count). The lowest BCUT2D eigenvalue weighted by Crippen LogP contribution is -2.28. The number of fused-ring (bicyclic) bond motifs is 6. The van der Waals surface area contributed by atoms with Gasteiger partial charge < -0.3 is 9.32 Å². The molecular formula is C61H41NO. The van der Waals surface area contributed by atoms with Crippen molar-refractivity contribution in [1.29, 1.82) is 0 Å². The van der Waals surface area contributed by atoms with Crippen molar-refractivity contribution in [3.63, 3.8) is 0 Å². The molecule has 0 unspecified atom stereocenters. The topological polar surface area (TPSA) is 16.4 Å². The normalized spacial score (nSPS) is 12.6. The van der Waals surface area contributed by atoms with E-state index in [1.807, 2.05) is 12.1 Å². The molecule has 2 heteroatoms. The Morgan fingerprint density at radius 2 is 0.762 bits per heavy atom. The minimum absolute atomic E-state index is 0.516. The minimum atomic E-state index is -0.516. The van der Waals surface area contributed by atoms with Crippen LogP contribution in [0.25, 0.3) is 66.4 Å². The van der Waals surface area contributed by atoms with Gasteiger partial charge in [0.25, 0.3) is 0 Å². The van der Waals surface area contributed by atoms with Gasteiger partial charge in [0.05, 0.1) is 5.41 Å². The van der Waals surface area contributed by atoms with E-state index in [9.17, 15) is 0 Å². The molecule has 0 spiro atoms. The van der Waals surface area contributed by atoms with Crippen molar-refractivity contribution in [2.75, 3.05) is 4.90 Å². The summed E-state index contributed by atoms with van der Waals surface area (Å²) in [5.41, 5.74) is 19.1. The summed E-state index contributed by atoms with van der Waals surface area (Å²) >= 11 is 0. The van der Waals surface area contributed by atoms with Crippen molar-refractivity contribution in [3.8, 4) is 44.5 Å². The van der Waals surface area contributed by atoms with E-state index in [1.54, 1.807) is 0 Å². The molecule has 0 saturated heterocycles. The highest BCUT2D eigenvalue weighted by atomic mass is 16.3. The first-order valence-electron chi connectivity index (χ1n) is 21.7. The van der Waals surface area contributed by atoms with Gasteiger partial charge in [0, 0.05) is 33.4 Å². The third-order valence-electron chi connectivity index (χ3n) is 13.0. The Balaban J connectivity index is 1.00. The first-order chi connectivity index (χ1) is 31.2. The van der Waals surface area contributed by atoms with Gasteiger partial charge in [-0.2, -0.15) is 0 Å². The van der Waals surface area contributed by atoms with E-state index in [0.29, 0.717) is 0 Å². The van der Waals surface area contributed by atoms with E-state index in [0.717, 1.165) is 50.1 Å². The third kappa shape index (κ3) is 6.02. The summed E-state index contributed by atoms with van der Waals surface area (Å²) in [7, 11) is 0. The molecule has 296 valence electrons. The van der Waals surface area contributed by atoms with Crippen LogP contribution in [0.1, 0.15) is 22.3 Å². The predicted molar refractivity (Wildman–Crippen MR) is 262 cm³/mol. The fourth-order valence-corrected chi connectivity index (χ4v) is 10.1. The van der Waals surface area contributed by atoms with E-state index in [2.05, 4.69) is 241 Å². The number of furan rings is 1. The van der Waals surface area contributed by atoms with Crippen LogP contribution in [0, 0.1) is 0 Å². The van der Waals surface area contributed by atoms with Gasteiger partial charge in [-0.3, -0.25) is 0 Å². The molecule has 1 aliphatic carbocycles. The van der Waals surface area contributed by atoms with Gasteiger partial charge >= 0.3 is 0 Å². The molecule has 1 heterocycles. The molecule has 0 bridgehead atoms. The van der Waals surface area contributed by atoms with Crippen LogP contribution in [-0.2, 0) is 5.41 Å². The van der Waals surface area contributed by atoms with Crippen LogP contribution in [0.15, 0.2) is 253 Å². The van der Waals surface area contributed by atoms with Crippen LogP contribution in [0.4, 0.5) is 17.1 Å². The lowest BCUT2D eigenvalue weighted by molar-refractivity contribution is 0.670. The van der Waals surface area contributed by atoms with E-state index in [4.69, 9.17) is 4.42 Å². The van der Waals surface area contributed by atoms with Crippen LogP contribution < -0.4 is 4.90 Å². The Morgan fingerprint density at radius 1 is 0.302 bits per heavy atom. The van der Waals surface area contributed by atoms with Crippen molar-refractivity contribution in [3.05, 3.63) is 271 Å². The maximum absolute atomic E-state index is 6.46. The highest BCUT2D eigenvalue weighted by Gasteiger charge is 2.46. The molecule has 0 atom stereocenters. The molecular weight excluding hydrogens is 763 g/mol. The monoisotopic (exact) mass is 803 g/mol.